The summed E-state index contributed by atoms with van der Waals surface area (Å²) in [5.74, 6) is 0. The van der Waals surface area contributed by atoms with Gasteiger partial charge in [-0.05, 0) is 25.1 Å². The lowest BCUT2D eigenvalue weighted by atomic mass is 10.1. The Kier molecular flexibility index (Phi) is 3.27. The molecule has 0 saturated carbocycles. The molecular weight excluding hydrogens is 274 g/mol. The number of benzene rings is 1. The average Bonchev–Trinajstić information content (AvgIpc) is 3.02. The fourth-order valence-corrected chi connectivity index (χ4v) is 3.00. The highest BCUT2D eigenvalue weighted by Gasteiger charge is 2.16. The van der Waals surface area contributed by atoms with Crippen molar-refractivity contribution in [2.24, 2.45) is 0 Å². The van der Waals surface area contributed by atoms with Gasteiger partial charge in [0.1, 0.15) is 5.52 Å². The lowest BCUT2D eigenvalue weighted by Gasteiger charge is -2.33. The molecule has 0 aliphatic carbocycles. The Morgan fingerprint density at radius 2 is 2.23 bits per heavy atom. The molecule has 3 aromatic rings. The molecule has 4 rings (SSSR count). The Hall–Kier alpha value is -2.40. The zero-order valence-corrected chi connectivity index (χ0v) is 12.6. The van der Waals surface area contributed by atoms with Crippen molar-refractivity contribution >= 4 is 16.9 Å². The number of rotatable bonds is 2. The fourth-order valence-electron chi connectivity index (χ4n) is 3.00. The van der Waals surface area contributed by atoms with Gasteiger partial charge >= 0.3 is 0 Å². The van der Waals surface area contributed by atoms with Crippen molar-refractivity contribution in [1.29, 1.82) is 0 Å². The van der Waals surface area contributed by atoms with Gasteiger partial charge < -0.3 is 15.2 Å². The lowest BCUT2D eigenvalue weighted by Crippen LogP contribution is -2.49. The van der Waals surface area contributed by atoms with Crippen LogP contribution in [0, 0.1) is 0 Å². The standard InChI is InChI=1S/C17H19N5/c1-12-11-22(8-7-18-12)14-4-2-3-13(9-14)16-10-20-17-15(21-16)5-6-19-17/h2-6,9-10,12,18H,7-8,11H2,1H3,(H,19,20). The summed E-state index contributed by atoms with van der Waals surface area (Å²) >= 11 is 0. The van der Waals surface area contributed by atoms with E-state index in [9.17, 15) is 0 Å². The molecule has 1 aliphatic rings. The Morgan fingerprint density at radius 1 is 1.27 bits per heavy atom. The van der Waals surface area contributed by atoms with Crippen LogP contribution >= 0.6 is 0 Å². The second-order valence-corrected chi connectivity index (χ2v) is 5.82. The maximum atomic E-state index is 4.68. The molecule has 112 valence electrons. The summed E-state index contributed by atoms with van der Waals surface area (Å²) in [4.78, 5) is 14.6. The Balaban J connectivity index is 1.68. The first kappa shape index (κ1) is 13.3. The van der Waals surface area contributed by atoms with Gasteiger partial charge in [-0.1, -0.05) is 12.1 Å². The molecule has 1 aromatic carbocycles. The molecule has 5 nitrogen and oxygen atoms in total. The molecule has 5 heteroatoms. The molecule has 3 heterocycles. The normalized spacial score (nSPS) is 18.8. The van der Waals surface area contributed by atoms with E-state index in [0.29, 0.717) is 6.04 Å². The van der Waals surface area contributed by atoms with Crippen LogP contribution in [0.25, 0.3) is 22.4 Å². The summed E-state index contributed by atoms with van der Waals surface area (Å²) in [7, 11) is 0. The quantitative estimate of drug-likeness (QED) is 0.762. The Labute approximate surface area is 129 Å². The first-order valence-electron chi connectivity index (χ1n) is 7.68. The number of H-pyrrole nitrogens is 1. The third-order valence-corrected chi connectivity index (χ3v) is 4.14. The monoisotopic (exact) mass is 293 g/mol. The molecule has 22 heavy (non-hydrogen) atoms. The van der Waals surface area contributed by atoms with Crippen LogP contribution in [0.1, 0.15) is 6.92 Å². The second kappa shape index (κ2) is 5.42. The van der Waals surface area contributed by atoms with Crippen molar-refractivity contribution in [3.8, 4) is 11.3 Å². The minimum atomic E-state index is 0.522. The van der Waals surface area contributed by atoms with Crippen molar-refractivity contribution in [2.45, 2.75) is 13.0 Å². The van der Waals surface area contributed by atoms with Crippen LogP contribution in [0.5, 0.6) is 0 Å². The maximum absolute atomic E-state index is 4.68. The third kappa shape index (κ3) is 2.44. The summed E-state index contributed by atoms with van der Waals surface area (Å²) in [6.07, 6.45) is 3.70. The van der Waals surface area contributed by atoms with E-state index in [1.807, 2.05) is 18.5 Å². The molecule has 0 amide bonds. The number of aromatic amines is 1. The van der Waals surface area contributed by atoms with Crippen LogP contribution in [0.15, 0.2) is 42.7 Å². The molecule has 1 unspecified atom stereocenters. The van der Waals surface area contributed by atoms with Crippen molar-refractivity contribution in [3.05, 3.63) is 42.7 Å². The van der Waals surface area contributed by atoms with E-state index >= 15 is 0 Å². The van der Waals surface area contributed by atoms with Gasteiger partial charge in [0.2, 0.25) is 0 Å². The minimum absolute atomic E-state index is 0.522. The smallest absolute Gasteiger partial charge is 0.156 e. The van der Waals surface area contributed by atoms with Gasteiger partial charge in [-0.15, -0.1) is 0 Å². The summed E-state index contributed by atoms with van der Waals surface area (Å²) in [6.45, 7) is 5.32. The molecule has 2 N–H and O–H groups in total. The predicted octanol–water partition coefficient (Wildman–Crippen LogP) is 2.42. The van der Waals surface area contributed by atoms with E-state index in [2.05, 4.69) is 56.4 Å². The molecule has 2 aromatic heterocycles. The zero-order chi connectivity index (χ0) is 14.9. The maximum Gasteiger partial charge on any atom is 0.156 e. The van der Waals surface area contributed by atoms with E-state index in [4.69, 9.17) is 0 Å². The number of fused-ring (bicyclic) bond motifs is 1. The fraction of sp³-hybridized carbons (Fsp3) is 0.294. The van der Waals surface area contributed by atoms with E-state index < -0.39 is 0 Å². The van der Waals surface area contributed by atoms with E-state index in [0.717, 1.165) is 42.1 Å². The first-order chi connectivity index (χ1) is 10.8. The largest absolute Gasteiger partial charge is 0.369 e. The first-order valence-corrected chi connectivity index (χ1v) is 7.68. The van der Waals surface area contributed by atoms with Crippen LogP contribution in [0.4, 0.5) is 5.69 Å². The van der Waals surface area contributed by atoms with Crippen LogP contribution in [0.2, 0.25) is 0 Å². The van der Waals surface area contributed by atoms with E-state index in [-0.39, 0.29) is 0 Å². The Bertz CT molecular complexity index is 794. The molecule has 1 atom stereocenters. The predicted molar refractivity (Wildman–Crippen MR) is 89.0 cm³/mol. The topological polar surface area (TPSA) is 56.8 Å². The van der Waals surface area contributed by atoms with E-state index in [1.165, 1.54) is 5.69 Å². The minimum Gasteiger partial charge on any atom is -0.369 e. The zero-order valence-electron chi connectivity index (χ0n) is 12.6. The molecule has 1 fully saturated rings. The highest BCUT2D eigenvalue weighted by Crippen LogP contribution is 2.24. The third-order valence-electron chi connectivity index (χ3n) is 4.14. The highest BCUT2D eigenvalue weighted by atomic mass is 15.2. The summed E-state index contributed by atoms with van der Waals surface area (Å²) < 4.78 is 0. The molecule has 0 radical (unpaired) electrons. The molecule has 1 aliphatic heterocycles. The van der Waals surface area contributed by atoms with Crippen LogP contribution in [-0.4, -0.2) is 40.6 Å². The van der Waals surface area contributed by atoms with Crippen LogP contribution < -0.4 is 10.2 Å². The van der Waals surface area contributed by atoms with Gasteiger partial charge in [0, 0.05) is 43.1 Å². The summed E-state index contributed by atoms with van der Waals surface area (Å²) in [5.41, 5.74) is 5.01. The van der Waals surface area contributed by atoms with Gasteiger partial charge in [-0.25, -0.2) is 9.97 Å². The van der Waals surface area contributed by atoms with Gasteiger partial charge in [0.25, 0.3) is 0 Å². The van der Waals surface area contributed by atoms with E-state index in [1.54, 1.807) is 0 Å². The summed E-state index contributed by atoms with van der Waals surface area (Å²) in [5, 5.41) is 3.48. The number of anilines is 1. The summed E-state index contributed by atoms with van der Waals surface area (Å²) in [6, 6.07) is 11.0. The van der Waals surface area contributed by atoms with Gasteiger partial charge in [-0.2, -0.15) is 0 Å². The number of hydrogen-bond donors (Lipinski definition) is 2. The molecule has 0 bridgehead atoms. The lowest BCUT2D eigenvalue weighted by molar-refractivity contribution is 0.485. The van der Waals surface area contributed by atoms with Crippen LogP contribution in [-0.2, 0) is 0 Å². The highest BCUT2D eigenvalue weighted by molar-refractivity contribution is 5.75. The number of aromatic nitrogens is 3. The van der Waals surface area contributed by atoms with Crippen molar-refractivity contribution in [2.75, 3.05) is 24.5 Å². The molecule has 1 saturated heterocycles. The number of nitrogens with one attached hydrogen (secondary N) is 2. The molecule has 0 spiro atoms. The SMILES string of the molecule is CC1CN(c2cccc(-c3cnc4[nH]ccc4n3)c2)CCN1. The van der Waals surface area contributed by atoms with Crippen LogP contribution in [0.3, 0.4) is 0 Å². The number of hydrogen-bond acceptors (Lipinski definition) is 4. The number of piperazine rings is 1. The van der Waals surface area contributed by atoms with Gasteiger partial charge in [0.05, 0.1) is 11.9 Å². The number of nitrogens with zero attached hydrogens (tertiary/aromatic N) is 3. The van der Waals surface area contributed by atoms with Crippen molar-refractivity contribution < 1.29 is 0 Å². The Morgan fingerprint density at radius 3 is 3.14 bits per heavy atom. The van der Waals surface area contributed by atoms with Crippen molar-refractivity contribution in [3.63, 3.8) is 0 Å². The van der Waals surface area contributed by atoms with Gasteiger partial charge in [0.15, 0.2) is 5.65 Å². The molecular formula is C17H19N5. The van der Waals surface area contributed by atoms with Crippen molar-refractivity contribution in [1.82, 2.24) is 20.3 Å². The average molecular weight is 293 g/mol. The second-order valence-electron chi connectivity index (χ2n) is 5.82. The van der Waals surface area contributed by atoms with Gasteiger partial charge in [-0.3, -0.25) is 0 Å².